The second kappa shape index (κ2) is 4.21. The van der Waals surface area contributed by atoms with E-state index in [1.165, 1.54) is 32.1 Å². The molecule has 0 spiro atoms. The third-order valence-electron chi connectivity index (χ3n) is 4.31. The molecule has 0 amide bonds. The van der Waals surface area contributed by atoms with Crippen LogP contribution in [0, 0.1) is 11.8 Å². The largest absolute Gasteiger partial charge is 0.317 e. The van der Waals surface area contributed by atoms with E-state index in [1.54, 1.807) is 11.1 Å². The first-order valence-corrected chi connectivity index (χ1v) is 6.61. The SMILES string of the molecule is CNC(CC1CC1)C1Cc2ccccc2C1. The van der Waals surface area contributed by atoms with Gasteiger partial charge in [0.2, 0.25) is 0 Å². The van der Waals surface area contributed by atoms with Crippen LogP contribution >= 0.6 is 0 Å². The van der Waals surface area contributed by atoms with Crippen molar-refractivity contribution in [1.29, 1.82) is 0 Å². The Balaban J connectivity index is 1.68. The summed E-state index contributed by atoms with van der Waals surface area (Å²) in [6.07, 6.45) is 6.91. The molecular formula is C15H21N. The van der Waals surface area contributed by atoms with Gasteiger partial charge in [-0.05, 0) is 49.3 Å². The third-order valence-corrected chi connectivity index (χ3v) is 4.31. The van der Waals surface area contributed by atoms with Gasteiger partial charge in [-0.15, -0.1) is 0 Å². The standard InChI is InChI=1S/C15H21N/c1-16-15(8-11-6-7-11)14-9-12-4-2-3-5-13(12)10-14/h2-5,11,14-16H,6-10H2,1H3. The van der Waals surface area contributed by atoms with Gasteiger partial charge in [0.25, 0.3) is 0 Å². The zero-order valence-electron chi connectivity index (χ0n) is 10.1. The minimum absolute atomic E-state index is 0.736. The molecule has 86 valence electrons. The number of rotatable bonds is 4. The lowest BCUT2D eigenvalue weighted by Crippen LogP contribution is -2.34. The van der Waals surface area contributed by atoms with Crippen LogP contribution in [0.5, 0.6) is 0 Å². The first kappa shape index (κ1) is 10.3. The van der Waals surface area contributed by atoms with E-state index in [4.69, 9.17) is 0 Å². The second-order valence-electron chi connectivity index (χ2n) is 5.51. The molecule has 0 heterocycles. The number of hydrogen-bond donors (Lipinski definition) is 1. The molecule has 1 heteroatoms. The van der Waals surface area contributed by atoms with E-state index >= 15 is 0 Å². The zero-order valence-corrected chi connectivity index (χ0v) is 10.1. The van der Waals surface area contributed by atoms with Crippen LogP contribution in [0.3, 0.4) is 0 Å². The Morgan fingerprint density at radius 1 is 1.19 bits per heavy atom. The van der Waals surface area contributed by atoms with Crippen LogP contribution < -0.4 is 5.32 Å². The molecule has 0 aliphatic heterocycles. The highest BCUT2D eigenvalue weighted by atomic mass is 14.9. The quantitative estimate of drug-likeness (QED) is 0.814. The van der Waals surface area contributed by atoms with Gasteiger partial charge in [-0.1, -0.05) is 37.1 Å². The summed E-state index contributed by atoms with van der Waals surface area (Å²) >= 11 is 0. The number of fused-ring (bicyclic) bond motifs is 1. The molecule has 0 radical (unpaired) electrons. The first-order valence-electron chi connectivity index (χ1n) is 6.61. The lowest BCUT2D eigenvalue weighted by Gasteiger charge is -2.22. The summed E-state index contributed by atoms with van der Waals surface area (Å²) in [7, 11) is 2.13. The number of nitrogens with one attached hydrogen (secondary N) is 1. The van der Waals surface area contributed by atoms with Gasteiger partial charge >= 0.3 is 0 Å². The molecule has 1 nitrogen and oxygen atoms in total. The van der Waals surface area contributed by atoms with Crippen molar-refractivity contribution in [3.05, 3.63) is 35.4 Å². The van der Waals surface area contributed by atoms with Crippen molar-refractivity contribution in [2.24, 2.45) is 11.8 Å². The predicted molar refractivity (Wildman–Crippen MR) is 67.5 cm³/mol. The monoisotopic (exact) mass is 215 g/mol. The van der Waals surface area contributed by atoms with E-state index in [9.17, 15) is 0 Å². The lowest BCUT2D eigenvalue weighted by molar-refractivity contribution is 0.351. The fourth-order valence-corrected chi connectivity index (χ4v) is 3.14. The summed E-state index contributed by atoms with van der Waals surface area (Å²) in [5, 5.41) is 3.55. The maximum Gasteiger partial charge on any atom is 0.0101 e. The molecule has 1 atom stereocenters. The van der Waals surface area contributed by atoms with Crippen molar-refractivity contribution in [3.63, 3.8) is 0 Å². The molecule has 1 aromatic carbocycles. The fourth-order valence-electron chi connectivity index (χ4n) is 3.14. The topological polar surface area (TPSA) is 12.0 Å². The average Bonchev–Trinajstić information content (AvgIpc) is 3.02. The van der Waals surface area contributed by atoms with Crippen molar-refractivity contribution in [1.82, 2.24) is 5.32 Å². The van der Waals surface area contributed by atoms with Crippen molar-refractivity contribution < 1.29 is 0 Å². The molecule has 1 fully saturated rings. The highest BCUT2D eigenvalue weighted by Gasteiger charge is 2.32. The third kappa shape index (κ3) is 2.01. The molecular weight excluding hydrogens is 194 g/mol. The second-order valence-corrected chi connectivity index (χ2v) is 5.51. The van der Waals surface area contributed by atoms with Crippen LogP contribution in [0.1, 0.15) is 30.4 Å². The maximum atomic E-state index is 3.55. The van der Waals surface area contributed by atoms with E-state index in [0.29, 0.717) is 0 Å². The fraction of sp³-hybridized carbons (Fsp3) is 0.600. The van der Waals surface area contributed by atoms with Gasteiger partial charge in [-0.3, -0.25) is 0 Å². The molecule has 16 heavy (non-hydrogen) atoms. The summed E-state index contributed by atoms with van der Waals surface area (Å²) in [5.41, 5.74) is 3.17. The predicted octanol–water partition coefficient (Wildman–Crippen LogP) is 2.79. The van der Waals surface area contributed by atoms with Gasteiger partial charge in [-0.2, -0.15) is 0 Å². The Kier molecular flexibility index (Phi) is 2.72. The van der Waals surface area contributed by atoms with E-state index < -0.39 is 0 Å². The van der Waals surface area contributed by atoms with Crippen LogP contribution in [0.15, 0.2) is 24.3 Å². The molecule has 1 N–H and O–H groups in total. The summed E-state index contributed by atoms with van der Waals surface area (Å²) in [6.45, 7) is 0. The molecule has 0 aromatic heterocycles. The highest BCUT2D eigenvalue weighted by Crippen LogP contribution is 2.37. The number of benzene rings is 1. The van der Waals surface area contributed by atoms with Gasteiger partial charge in [0.1, 0.15) is 0 Å². The van der Waals surface area contributed by atoms with E-state index in [0.717, 1.165) is 17.9 Å². The Bertz CT molecular complexity index is 342. The van der Waals surface area contributed by atoms with Crippen LogP contribution in [-0.2, 0) is 12.8 Å². The lowest BCUT2D eigenvalue weighted by atomic mass is 9.92. The van der Waals surface area contributed by atoms with Crippen molar-refractivity contribution in [3.8, 4) is 0 Å². The van der Waals surface area contributed by atoms with Crippen LogP contribution in [-0.4, -0.2) is 13.1 Å². The first-order chi connectivity index (χ1) is 7.86. The van der Waals surface area contributed by atoms with Crippen molar-refractivity contribution in [2.75, 3.05) is 7.05 Å². The van der Waals surface area contributed by atoms with Crippen molar-refractivity contribution >= 4 is 0 Å². The molecule has 1 saturated carbocycles. The van der Waals surface area contributed by atoms with Gasteiger partial charge in [0, 0.05) is 6.04 Å². The summed E-state index contributed by atoms with van der Waals surface area (Å²) in [6, 6.07) is 9.70. The normalized spacial score (nSPS) is 22.1. The Hall–Kier alpha value is -0.820. The van der Waals surface area contributed by atoms with Crippen molar-refractivity contribution in [2.45, 2.75) is 38.1 Å². The zero-order chi connectivity index (χ0) is 11.0. The van der Waals surface area contributed by atoms with E-state index in [-0.39, 0.29) is 0 Å². The molecule has 3 rings (SSSR count). The van der Waals surface area contributed by atoms with E-state index in [1.807, 2.05) is 0 Å². The molecule has 2 aliphatic rings. The summed E-state index contributed by atoms with van der Waals surface area (Å²) in [4.78, 5) is 0. The number of hydrogen-bond acceptors (Lipinski definition) is 1. The molecule has 1 aromatic rings. The average molecular weight is 215 g/mol. The smallest absolute Gasteiger partial charge is 0.0101 e. The van der Waals surface area contributed by atoms with Gasteiger partial charge in [-0.25, -0.2) is 0 Å². The van der Waals surface area contributed by atoms with Gasteiger partial charge < -0.3 is 5.32 Å². The van der Waals surface area contributed by atoms with E-state index in [2.05, 4.69) is 36.6 Å². The van der Waals surface area contributed by atoms with Gasteiger partial charge in [0.05, 0.1) is 0 Å². The Labute approximate surface area is 98.3 Å². The minimum atomic E-state index is 0.736. The molecule has 0 saturated heterocycles. The van der Waals surface area contributed by atoms with Crippen LogP contribution in [0.2, 0.25) is 0 Å². The minimum Gasteiger partial charge on any atom is -0.317 e. The van der Waals surface area contributed by atoms with Crippen LogP contribution in [0.25, 0.3) is 0 Å². The summed E-state index contributed by atoms with van der Waals surface area (Å²) < 4.78 is 0. The molecule has 0 bridgehead atoms. The molecule has 2 aliphatic carbocycles. The maximum absolute atomic E-state index is 3.55. The summed E-state index contributed by atoms with van der Waals surface area (Å²) in [5.74, 6) is 1.86. The Morgan fingerprint density at radius 3 is 2.31 bits per heavy atom. The molecule has 1 unspecified atom stereocenters. The van der Waals surface area contributed by atoms with Gasteiger partial charge in [0.15, 0.2) is 0 Å². The van der Waals surface area contributed by atoms with Crippen LogP contribution in [0.4, 0.5) is 0 Å². The Morgan fingerprint density at radius 2 is 1.81 bits per heavy atom. The highest BCUT2D eigenvalue weighted by molar-refractivity contribution is 5.32.